The number of amides is 2. The van der Waals surface area contributed by atoms with E-state index in [1.807, 2.05) is 43.9 Å². The molecule has 1 atom stereocenters. The lowest BCUT2D eigenvalue weighted by molar-refractivity contribution is -0.124. The summed E-state index contributed by atoms with van der Waals surface area (Å²) in [5.41, 5.74) is 0.660. The SMILES string of the molecule is CCOc1cccc(C(=O)N2CCCC(CNC(=O)C(C)C)C2)c1. The van der Waals surface area contributed by atoms with Gasteiger partial charge in [0, 0.05) is 31.1 Å². The number of carbonyl (C=O) groups is 2. The topological polar surface area (TPSA) is 58.6 Å². The number of nitrogens with zero attached hydrogens (tertiary/aromatic N) is 1. The van der Waals surface area contributed by atoms with E-state index in [0.717, 1.165) is 25.1 Å². The van der Waals surface area contributed by atoms with Crippen LogP contribution in [0.2, 0.25) is 0 Å². The molecule has 1 aliphatic rings. The predicted octanol–water partition coefficient (Wildman–Crippen LogP) is 2.71. The molecule has 0 radical (unpaired) electrons. The molecule has 2 rings (SSSR count). The second-order valence-electron chi connectivity index (χ2n) is 6.62. The van der Waals surface area contributed by atoms with Gasteiger partial charge in [0.1, 0.15) is 5.75 Å². The summed E-state index contributed by atoms with van der Waals surface area (Å²) in [7, 11) is 0. The van der Waals surface area contributed by atoms with Gasteiger partial charge in [0.05, 0.1) is 6.61 Å². The van der Waals surface area contributed by atoms with E-state index < -0.39 is 0 Å². The molecule has 1 N–H and O–H groups in total. The van der Waals surface area contributed by atoms with E-state index >= 15 is 0 Å². The lowest BCUT2D eigenvalue weighted by Crippen LogP contribution is -2.44. The monoisotopic (exact) mass is 332 g/mol. The van der Waals surface area contributed by atoms with Gasteiger partial charge in [0.2, 0.25) is 5.91 Å². The van der Waals surface area contributed by atoms with Crippen molar-refractivity contribution in [2.45, 2.75) is 33.6 Å². The first kappa shape index (κ1) is 18.3. The van der Waals surface area contributed by atoms with Crippen molar-refractivity contribution in [2.24, 2.45) is 11.8 Å². The summed E-state index contributed by atoms with van der Waals surface area (Å²) in [5, 5.41) is 2.98. The molecule has 1 heterocycles. The Labute approximate surface area is 144 Å². The second kappa shape index (κ2) is 8.71. The number of rotatable bonds is 6. The average molecular weight is 332 g/mol. The first-order valence-electron chi connectivity index (χ1n) is 8.81. The molecule has 1 aromatic carbocycles. The van der Waals surface area contributed by atoms with Crippen LogP contribution in [0.15, 0.2) is 24.3 Å². The van der Waals surface area contributed by atoms with Crippen molar-refractivity contribution < 1.29 is 14.3 Å². The zero-order valence-electron chi connectivity index (χ0n) is 14.9. The molecule has 0 saturated carbocycles. The summed E-state index contributed by atoms with van der Waals surface area (Å²) >= 11 is 0. The molecule has 5 heteroatoms. The van der Waals surface area contributed by atoms with Crippen molar-refractivity contribution in [2.75, 3.05) is 26.2 Å². The van der Waals surface area contributed by atoms with Gasteiger partial charge in [0.15, 0.2) is 0 Å². The van der Waals surface area contributed by atoms with Gasteiger partial charge in [-0.15, -0.1) is 0 Å². The third-order valence-corrected chi connectivity index (χ3v) is 4.29. The molecule has 1 aromatic rings. The van der Waals surface area contributed by atoms with Crippen LogP contribution in [-0.4, -0.2) is 43.0 Å². The van der Waals surface area contributed by atoms with E-state index in [4.69, 9.17) is 4.74 Å². The van der Waals surface area contributed by atoms with E-state index in [2.05, 4.69) is 5.32 Å². The summed E-state index contributed by atoms with van der Waals surface area (Å²) in [6.07, 6.45) is 2.01. The van der Waals surface area contributed by atoms with Crippen LogP contribution in [0.4, 0.5) is 0 Å². The van der Waals surface area contributed by atoms with Crippen LogP contribution in [0, 0.1) is 11.8 Å². The Kier molecular flexibility index (Phi) is 6.64. The summed E-state index contributed by atoms with van der Waals surface area (Å²) in [6.45, 7) is 8.38. The second-order valence-corrected chi connectivity index (χ2v) is 6.62. The lowest BCUT2D eigenvalue weighted by Gasteiger charge is -2.33. The van der Waals surface area contributed by atoms with Crippen LogP contribution >= 0.6 is 0 Å². The number of carbonyl (C=O) groups excluding carboxylic acids is 2. The Morgan fingerprint density at radius 1 is 1.38 bits per heavy atom. The Bertz CT molecular complexity index is 571. The number of ether oxygens (including phenoxy) is 1. The number of hydrogen-bond donors (Lipinski definition) is 1. The molecule has 24 heavy (non-hydrogen) atoms. The minimum atomic E-state index is -0.00682. The number of piperidine rings is 1. The quantitative estimate of drug-likeness (QED) is 0.871. The third-order valence-electron chi connectivity index (χ3n) is 4.29. The largest absolute Gasteiger partial charge is 0.494 e. The normalized spacial score (nSPS) is 17.7. The molecule has 132 valence electrons. The van der Waals surface area contributed by atoms with Crippen LogP contribution in [0.1, 0.15) is 44.0 Å². The van der Waals surface area contributed by atoms with E-state index in [9.17, 15) is 9.59 Å². The molecule has 0 spiro atoms. The summed E-state index contributed by atoms with van der Waals surface area (Å²) < 4.78 is 5.47. The lowest BCUT2D eigenvalue weighted by atomic mass is 9.97. The van der Waals surface area contributed by atoms with Crippen molar-refractivity contribution in [3.8, 4) is 5.75 Å². The highest BCUT2D eigenvalue weighted by Crippen LogP contribution is 2.20. The molecule has 0 aromatic heterocycles. The minimum Gasteiger partial charge on any atom is -0.494 e. The maximum atomic E-state index is 12.7. The molecule has 1 aliphatic heterocycles. The van der Waals surface area contributed by atoms with E-state index in [1.165, 1.54) is 0 Å². The highest BCUT2D eigenvalue weighted by molar-refractivity contribution is 5.94. The molecule has 5 nitrogen and oxygen atoms in total. The Balaban J connectivity index is 1.94. The predicted molar refractivity (Wildman–Crippen MR) is 94.1 cm³/mol. The highest BCUT2D eigenvalue weighted by Gasteiger charge is 2.25. The molecule has 1 saturated heterocycles. The first-order chi connectivity index (χ1) is 11.5. The fraction of sp³-hybridized carbons (Fsp3) is 0.579. The van der Waals surface area contributed by atoms with Gasteiger partial charge >= 0.3 is 0 Å². The van der Waals surface area contributed by atoms with E-state index in [1.54, 1.807) is 6.07 Å². The summed E-state index contributed by atoms with van der Waals surface area (Å²) in [5.74, 6) is 1.15. The number of nitrogens with one attached hydrogen (secondary N) is 1. The van der Waals surface area contributed by atoms with E-state index in [-0.39, 0.29) is 17.7 Å². The molecule has 2 amide bonds. The molecule has 0 bridgehead atoms. The van der Waals surface area contributed by atoms with Crippen LogP contribution in [0.5, 0.6) is 5.75 Å². The Morgan fingerprint density at radius 3 is 2.88 bits per heavy atom. The van der Waals surface area contributed by atoms with Crippen molar-refractivity contribution >= 4 is 11.8 Å². The highest BCUT2D eigenvalue weighted by atomic mass is 16.5. The molecule has 0 aliphatic carbocycles. The molecular formula is C19H28N2O3. The fourth-order valence-electron chi connectivity index (χ4n) is 2.93. The standard InChI is InChI=1S/C19H28N2O3/c1-4-24-17-9-5-8-16(11-17)19(23)21-10-6-7-15(13-21)12-20-18(22)14(2)3/h5,8-9,11,14-15H,4,6-7,10,12-13H2,1-3H3,(H,20,22). The maximum absolute atomic E-state index is 12.7. The van der Waals surface area contributed by atoms with Crippen LogP contribution < -0.4 is 10.1 Å². The Morgan fingerprint density at radius 2 is 2.17 bits per heavy atom. The summed E-state index contributed by atoms with van der Waals surface area (Å²) in [6, 6.07) is 7.34. The van der Waals surface area contributed by atoms with Crippen molar-refractivity contribution in [1.29, 1.82) is 0 Å². The van der Waals surface area contributed by atoms with Crippen molar-refractivity contribution in [1.82, 2.24) is 10.2 Å². The van der Waals surface area contributed by atoms with Gasteiger partial charge in [0.25, 0.3) is 5.91 Å². The van der Waals surface area contributed by atoms with Crippen molar-refractivity contribution in [3.63, 3.8) is 0 Å². The zero-order valence-corrected chi connectivity index (χ0v) is 14.9. The fourth-order valence-corrected chi connectivity index (χ4v) is 2.93. The van der Waals surface area contributed by atoms with Gasteiger partial charge in [-0.1, -0.05) is 19.9 Å². The number of hydrogen-bond acceptors (Lipinski definition) is 3. The van der Waals surface area contributed by atoms with Gasteiger partial charge < -0.3 is 15.0 Å². The maximum Gasteiger partial charge on any atom is 0.253 e. The van der Waals surface area contributed by atoms with E-state index in [0.29, 0.717) is 31.2 Å². The van der Waals surface area contributed by atoms with Gasteiger partial charge in [-0.05, 0) is 43.9 Å². The van der Waals surface area contributed by atoms with Crippen molar-refractivity contribution in [3.05, 3.63) is 29.8 Å². The van der Waals surface area contributed by atoms with Gasteiger partial charge in [-0.3, -0.25) is 9.59 Å². The molecule has 1 fully saturated rings. The molecule has 1 unspecified atom stereocenters. The smallest absolute Gasteiger partial charge is 0.253 e. The van der Waals surface area contributed by atoms with Crippen LogP contribution in [0.25, 0.3) is 0 Å². The van der Waals surface area contributed by atoms with Crippen LogP contribution in [-0.2, 0) is 4.79 Å². The summed E-state index contributed by atoms with van der Waals surface area (Å²) in [4.78, 5) is 26.3. The first-order valence-corrected chi connectivity index (χ1v) is 8.81. The van der Waals surface area contributed by atoms with Crippen LogP contribution in [0.3, 0.4) is 0 Å². The molecular weight excluding hydrogens is 304 g/mol. The zero-order chi connectivity index (χ0) is 17.5. The number of likely N-dealkylation sites (tertiary alicyclic amines) is 1. The van der Waals surface area contributed by atoms with Gasteiger partial charge in [-0.2, -0.15) is 0 Å². The third kappa shape index (κ3) is 4.98. The Hall–Kier alpha value is -2.04. The average Bonchev–Trinajstić information content (AvgIpc) is 2.59. The number of benzene rings is 1. The van der Waals surface area contributed by atoms with Gasteiger partial charge in [-0.25, -0.2) is 0 Å². The minimum absolute atomic E-state index is 0.00682.